The van der Waals surface area contributed by atoms with Gasteiger partial charge in [-0.3, -0.25) is 10.3 Å². The molecule has 0 fully saturated rings. The number of carbonyl (C=O) groups excluding carboxylic acids is 2. The van der Waals surface area contributed by atoms with E-state index in [0.29, 0.717) is 17.7 Å². The average molecular weight is 376 g/mol. The minimum atomic E-state index is -0.743. The van der Waals surface area contributed by atoms with Gasteiger partial charge in [0, 0.05) is 13.3 Å². The first-order valence-electron chi connectivity index (χ1n) is 8.50. The Balaban J connectivity index is 2.42. The number of rotatable bonds is 6. The average Bonchev–Trinajstić information content (AvgIpc) is 2.90. The molecule has 0 bridgehead atoms. The lowest BCUT2D eigenvalue weighted by molar-refractivity contribution is 0.0529. The van der Waals surface area contributed by atoms with Gasteiger partial charge >= 0.3 is 12.1 Å². The second kappa shape index (κ2) is 8.68. The molecule has 2 heterocycles. The number of nitrogens with one attached hydrogen (secondary N) is 1. The lowest BCUT2D eigenvalue weighted by atomic mass is 10.2. The summed E-state index contributed by atoms with van der Waals surface area (Å²) < 4.78 is 20.9. The van der Waals surface area contributed by atoms with Crippen LogP contribution in [0.3, 0.4) is 0 Å². The van der Waals surface area contributed by atoms with Crippen molar-refractivity contribution in [3.63, 3.8) is 0 Å². The maximum atomic E-state index is 12.4. The van der Waals surface area contributed by atoms with E-state index in [4.69, 9.17) is 18.6 Å². The molecular weight excluding hydrogens is 352 g/mol. The lowest BCUT2D eigenvalue weighted by Crippen LogP contribution is -2.27. The van der Waals surface area contributed by atoms with Crippen LogP contribution in [0.5, 0.6) is 0 Å². The fourth-order valence-electron chi connectivity index (χ4n) is 2.24. The van der Waals surface area contributed by atoms with E-state index < -0.39 is 17.7 Å². The maximum absolute atomic E-state index is 12.4. The van der Waals surface area contributed by atoms with Crippen LogP contribution in [0.4, 0.5) is 10.7 Å². The molecule has 8 heteroatoms. The minimum absolute atomic E-state index is 0.0464. The Hall–Kier alpha value is -2.87. The molecule has 0 saturated carbocycles. The van der Waals surface area contributed by atoms with E-state index >= 15 is 0 Å². The highest BCUT2D eigenvalue weighted by Crippen LogP contribution is 2.30. The van der Waals surface area contributed by atoms with E-state index in [1.807, 2.05) is 12.2 Å². The van der Waals surface area contributed by atoms with Crippen molar-refractivity contribution >= 4 is 35.1 Å². The Labute approximate surface area is 157 Å². The van der Waals surface area contributed by atoms with Gasteiger partial charge in [0.15, 0.2) is 5.58 Å². The van der Waals surface area contributed by atoms with Crippen molar-refractivity contribution in [3.05, 3.63) is 29.5 Å². The summed E-state index contributed by atoms with van der Waals surface area (Å²) in [4.78, 5) is 28.7. The number of ether oxygens (including phenoxy) is 3. The molecule has 0 aromatic carbocycles. The van der Waals surface area contributed by atoms with Gasteiger partial charge in [-0.1, -0.05) is 12.2 Å². The third-order valence-corrected chi connectivity index (χ3v) is 3.22. The van der Waals surface area contributed by atoms with Crippen LogP contribution >= 0.6 is 0 Å². The van der Waals surface area contributed by atoms with E-state index in [1.165, 1.54) is 0 Å². The third-order valence-electron chi connectivity index (χ3n) is 3.22. The van der Waals surface area contributed by atoms with Crippen LogP contribution in [0.25, 0.3) is 17.2 Å². The second-order valence-corrected chi connectivity index (χ2v) is 6.63. The van der Waals surface area contributed by atoms with Crippen LogP contribution in [0.1, 0.15) is 43.6 Å². The monoisotopic (exact) mass is 376 g/mol. The van der Waals surface area contributed by atoms with Crippen molar-refractivity contribution in [3.8, 4) is 0 Å². The number of aromatic nitrogens is 1. The quantitative estimate of drug-likeness (QED) is 0.760. The maximum Gasteiger partial charge on any atom is 0.414 e. The number of esters is 1. The Kier molecular flexibility index (Phi) is 6.57. The van der Waals surface area contributed by atoms with Crippen LogP contribution in [0.15, 0.2) is 22.8 Å². The Bertz CT molecular complexity index is 848. The number of amides is 1. The molecule has 0 unspecified atom stereocenters. The number of fused-ring (bicyclic) bond motifs is 1. The minimum Gasteiger partial charge on any atom is -0.462 e. The number of anilines is 1. The van der Waals surface area contributed by atoms with Gasteiger partial charge in [-0.25, -0.2) is 9.59 Å². The number of nitrogens with zero attached hydrogens (tertiary/aromatic N) is 1. The zero-order valence-electron chi connectivity index (χ0n) is 16.1. The van der Waals surface area contributed by atoms with E-state index in [-0.39, 0.29) is 18.1 Å². The summed E-state index contributed by atoms with van der Waals surface area (Å²) in [6.45, 7) is 7.52. The molecule has 0 aliphatic heterocycles. The van der Waals surface area contributed by atoms with Crippen LogP contribution in [0, 0.1) is 0 Å². The Morgan fingerprint density at radius 1 is 1.33 bits per heavy atom. The summed E-state index contributed by atoms with van der Waals surface area (Å²) in [6.07, 6.45) is 4.47. The van der Waals surface area contributed by atoms with Crippen LogP contribution < -0.4 is 5.32 Å². The number of carbonyl (C=O) groups is 2. The SMILES string of the molecule is CCOC(=O)c1c(NC(=O)OC(C)(C)C)oc2cc(/C=C/COC)cnc12. The van der Waals surface area contributed by atoms with Crippen molar-refractivity contribution in [2.45, 2.75) is 33.3 Å². The highest BCUT2D eigenvalue weighted by atomic mass is 16.6. The number of hydrogen-bond donors (Lipinski definition) is 1. The van der Waals surface area contributed by atoms with Crippen LogP contribution in [-0.2, 0) is 14.2 Å². The summed E-state index contributed by atoms with van der Waals surface area (Å²) in [7, 11) is 1.60. The molecule has 0 aliphatic rings. The first kappa shape index (κ1) is 20.4. The molecule has 0 aliphatic carbocycles. The number of pyridine rings is 1. The van der Waals surface area contributed by atoms with Gasteiger partial charge in [0.1, 0.15) is 16.7 Å². The summed E-state index contributed by atoms with van der Waals surface area (Å²) in [6, 6.07) is 1.71. The number of hydrogen-bond acceptors (Lipinski definition) is 7. The predicted molar refractivity (Wildman–Crippen MR) is 101 cm³/mol. The highest BCUT2D eigenvalue weighted by molar-refractivity contribution is 6.08. The van der Waals surface area contributed by atoms with Crippen molar-refractivity contribution < 1.29 is 28.2 Å². The molecule has 0 radical (unpaired) electrons. The molecule has 2 aromatic rings. The standard InChI is InChI=1S/C19H24N2O6/c1-6-25-17(22)14-15-13(10-12(11-20-15)8-7-9-24-5)26-16(14)21-18(23)27-19(2,3)4/h7-8,10-11H,6,9H2,1-5H3,(H,21,23)/b8-7+. The summed E-state index contributed by atoms with van der Waals surface area (Å²) >= 11 is 0. The highest BCUT2D eigenvalue weighted by Gasteiger charge is 2.26. The molecule has 146 valence electrons. The molecule has 27 heavy (non-hydrogen) atoms. The molecule has 1 amide bonds. The van der Waals surface area contributed by atoms with Gasteiger partial charge in [-0.2, -0.15) is 0 Å². The van der Waals surface area contributed by atoms with Gasteiger partial charge in [0.2, 0.25) is 5.88 Å². The Morgan fingerprint density at radius 2 is 2.07 bits per heavy atom. The summed E-state index contributed by atoms with van der Waals surface area (Å²) in [5, 5.41) is 2.46. The number of methoxy groups -OCH3 is 1. The predicted octanol–water partition coefficient (Wildman–Crippen LogP) is 4.01. The fourth-order valence-corrected chi connectivity index (χ4v) is 2.24. The topological polar surface area (TPSA) is 99.9 Å². The molecule has 8 nitrogen and oxygen atoms in total. The zero-order chi connectivity index (χ0) is 20.0. The van der Waals surface area contributed by atoms with Gasteiger partial charge in [-0.15, -0.1) is 0 Å². The lowest BCUT2D eigenvalue weighted by Gasteiger charge is -2.19. The van der Waals surface area contributed by atoms with Gasteiger partial charge in [-0.05, 0) is 39.3 Å². The smallest absolute Gasteiger partial charge is 0.414 e. The fraction of sp³-hybridized carbons (Fsp3) is 0.421. The molecule has 2 aromatic heterocycles. The molecule has 0 atom stereocenters. The van der Waals surface area contributed by atoms with E-state index in [2.05, 4.69) is 10.3 Å². The summed E-state index contributed by atoms with van der Waals surface area (Å²) in [5.41, 5.74) is 0.738. The summed E-state index contributed by atoms with van der Waals surface area (Å²) in [5.74, 6) is -0.708. The molecular formula is C19H24N2O6. The van der Waals surface area contributed by atoms with E-state index in [0.717, 1.165) is 5.56 Å². The second-order valence-electron chi connectivity index (χ2n) is 6.63. The molecule has 1 N–H and O–H groups in total. The largest absolute Gasteiger partial charge is 0.462 e. The van der Waals surface area contributed by atoms with Gasteiger partial charge in [0.05, 0.1) is 13.2 Å². The zero-order valence-corrected chi connectivity index (χ0v) is 16.1. The molecule has 0 saturated heterocycles. The van der Waals surface area contributed by atoms with Crippen LogP contribution in [-0.4, -0.2) is 43.0 Å². The van der Waals surface area contributed by atoms with Crippen molar-refractivity contribution in [1.29, 1.82) is 0 Å². The molecule has 0 spiro atoms. The normalized spacial score (nSPS) is 11.7. The Morgan fingerprint density at radius 3 is 2.70 bits per heavy atom. The van der Waals surface area contributed by atoms with Crippen molar-refractivity contribution in [2.24, 2.45) is 0 Å². The van der Waals surface area contributed by atoms with E-state index in [9.17, 15) is 9.59 Å². The van der Waals surface area contributed by atoms with Gasteiger partial charge < -0.3 is 18.6 Å². The van der Waals surface area contributed by atoms with Crippen molar-refractivity contribution in [2.75, 3.05) is 25.6 Å². The first-order valence-corrected chi connectivity index (χ1v) is 8.50. The molecule has 2 rings (SSSR count). The van der Waals surface area contributed by atoms with Crippen LogP contribution in [0.2, 0.25) is 0 Å². The van der Waals surface area contributed by atoms with Crippen molar-refractivity contribution in [1.82, 2.24) is 4.98 Å². The number of furan rings is 1. The van der Waals surface area contributed by atoms with E-state index in [1.54, 1.807) is 47.1 Å². The first-order chi connectivity index (χ1) is 12.7. The van der Waals surface area contributed by atoms with Gasteiger partial charge in [0.25, 0.3) is 0 Å². The third kappa shape index (κ3) is 5.55.